The van der Waals surface area contributed by atoms with Crippen LogP contribution in [0.4, 0.5) is 4.79 Å². The summed E-state index contributed by atoms with van der Waals surface area (Å²) >= 11 is 0. The van der Waals surface area contributed by atoms with Crippen molar-refractivity contribution in [1.82, 2.24) is 10.2 Å². The molecule has 3 atom stereocenters. The van der Waals surface area contributed by atoms with Crippen LogP contribution in [0.25, 0.3) is 0 Å². The van der Waals surface area contributed by atoms with Gasteiger partial charge < -0.3 is 10.4 Å². The molecule has 1 saturated heterocycles. The van der Waals surface area contributed by atoms with Gasteiger partial charge >= 0.3 is 6.03 Å². The molecule has 3 amide bonds. The summed E-state index contributed by atoms with van der Waals surface area (Å²) in [5.74, 6) is -0.0451. The van der Waals surface area contributed by atoms with Gasteiger partial charge in [0, 0.05) is 0 Å². The lowest BCUT2D eigenvalue weighted by molar-refractivity contribution is -0.135. The van der Waals surface area contributed by atoms with Crippen molar-refractivity contribution >= 4 is 11.9 Å². The van der Waals surface area contributed by atoms with Gasteiger partial charge in [-0.05, 0) is 24.3 Å². The van der Waals surface area contributed by atoms with Crippen LogP contribution in [0.1, 0.15) is 44.3 Å². The second-order valence-electron chi connectivity index (χ2n) is 6.39. The fraction of sp³-hybridized carbons (Fsp3) is 0.529. The van der Waals surface area contributed by atoms with Crippen molar-refractivity contribution in [3.05, 3.63) is 35.9 Å². The second-order valence-corrected chi connectivity index (χ2v) is 6.39. The Hall–Kier alpha value is -1.88. The fourth-order valence-electron chi connectivity index (χ4n) is 3.61. The molecule has 118 valence electrons. The van der Waals surface area contributed by atoms with Crippen LogP contribution in [-0.2, 0) is 4.79 Å². The molecule has 2 aliphatic rings. The number of hydrogen-bond acceptors (Lipinski definition) is 3. The predicted octanol–water partition coefficient (Wildman–Crippen LogP) is 2.22. The highest BCUT2D eigenvalue weighted by molar-refractivity contribution is 6.07. The first-order valence-electron chi connectivity index (χ1n) is 7.92. The number of hydrogen-bond donors (Lipinski definition) is 2. The molecule has 22 heavy (non-hydrogen) atoms. The van der Waals surface area contributed by atoms with Crippen LogP contribution in [0.15, 0.2) is 30.3 Å². The Morgan fingerprint density at radius 3 is 2.73 bits per heavy atom. The first-order valence-corrected chi connectivity index (χ1v) is 7.92. The molecule has 0 aromatic heterocycles. The molecule has 1 aliphatic carbocycles. The number of carbonyl (C=O) groups excluding carboxylic acids is 2. The topological polar surface area (TPSA) is 69.6 Å². The Balaban J connectivity index is 1.77. The van der Waals surface area contributed by atoms with Crippen molar-refractivity contribution in [3.63, 3.8) is 0 Å². The summed E-state index contributed by atoms with van der Waals surface area (Å²) in [7, 11) is 0. The van der Waals surface area contributed by atoms with Crippen molar-refractivity contribution in [2.24, 2.45) is 5.92 Å². The molecule has 1 aromatic rings. The normalized spacial score (nSPS) is 29.7. The van der Waals surface area contributed by atoms with E-state index in [9.17, 15) is 14.7 Å². The zero-order chi connectivity index (χ0) is 15.7. The Bertz CT molecular complexity index is 575. The largest absolute Gasteiger partial charge is 0.387 e. The summed E-state index contributed by atoms with van der Waals surface area (Å²) in [6, 6.07) is 8.73. The van der Waals surface area contributed by atoms with Crippen LogP contribution in [0.2, 0.25) is 0 Å². The molecule has 3 rings (SSSR count). The summed E-state index contributed by atoms with van der Waals surface area (Å²) in [4.78, 5) is 26.2. The molecule has 1 saturated carbocycles. The Morgan fingerprint density at radius 2 is 2.05 bits per heavy atom. The van der Waals surface area contributed by atoms with Gasteiger partial charge in [-0.2, -0.15) is 0 Å². The Morgan fingerprint density at radius 1 is 1.32 bits per heavy atom. The van der Waals surface area contributed by atoms with Gasteiger partial charge in [-0.25, -0.2) is 4.79 Å². The average molecular weight is 302 g/mol. The fourth-order valence-corrected chi connectivity index (χ4v) is 3.61. The number of aliphatic hydroxyl groups is 1. The number of rotatable bonds is 3. The quantitative estimate of drug-likeness (QED) is 0.841. The van der Waals surface area contributed by atoms with Crippen LogP contribution < -0.4 is 5.32 Å². The van der Waals surface area contributed by atoms with Crippen LogP contribution in [0, 0.1) is 5.92 Å². The van der Waals surface area contributed by atoms with Gasteiger partial charge in [-0.3, -0.25) is 9.69 Å². The van der Waals surface area contributed by atoms with E-state index in [1.165, 1.54) is 4.90 Å². The zero-order valence-corrected chi connectivity index (χ0v) is 12.8. The van der Waals surface area contributed by atoms with Crippen molar-refractivity contribution in [2.75, 3.05) is 6.54 Å². The van der Waals surface area contributed by atoms with Crippen molar-refractivity contribution in [2.45, 2.75) is 44.2 Å². The predicted molar refractivity (Wildman–Crippen MR) is 82.0 cm³/mol. The Labute approximate surface area is 130 Å². The lowest BCUT2D eigenvalue weighted by Crippen LogP contribution is -2.54. The third kappa shape index (κ3) is 2.39. The molecular formula is C17H22N2O3. The van der Waals surface area contributed by atoms with Gasteiger partial charge in [0.1, 0.15) is 5.54 Å². The number of nitrogens with zero attached hydrogens (tertiary/aromatic N) is 1. The summed E-state index contributed by atoms with van der Waals surface area (Å²) in [5, 5.41) is 13.2. The Kier molecular flexibility index (Phi) is 3.91. The SMILES string of the molecule is C[C@@H]1CCCC[C@@]12NC(=O)N(C[C@@H](O)c1ccccc1)C2=O. The van der Waals surface area contributed by atoms with E-state index in [1.807, 2.05) is 25.1 Å². The van der Waals surface area contributed by atoms with Crippen LogP contribution in [-0.4, -0.2) is 34.0 Å². The summed E-state index contributed by atoms with van der Waals surface area (Å²) in [6.07, 6.45) is 2.83. The van der Waals surface area contributed by atoms with E-state index < -0.39 is 11.6 Å². The maximum Gasteiger partial charge on any atom is 0.325 e. The number of benzene rings is 1. The molecule has 5 nitrogen and oxygen atoms in total. The smallest absolute Gasteiger partial charge is 0.325 e. The molecule has 0 bridgehead atoms. The lowest BCUT2D eigenvalue weighted by Gasteiger charge is -2.36. The van der Waals surface area contributed by atoms with E-state index in [4.69, 9.17) is 0 Å². The van der Waals surface area contributed by atoms with Gasteiger partial charge in [0.25, 0.3) is 5.91 Å². The second kappa shape index (κ2) is 5.72. The van der Waals surface area contributed by atoms with E-state index in [0.717, 1.165) is 19.3 Å². The molecule has 2 fully saturated rings. The van der Waals surface area contributed by atoms with Crippen molar-refractivity contribution < 1.29 is 14.7 Å². The van der Waals surface area contributed by atoms with E-state index in [2.05, 4.69) is 5.32 Å². The third-order valence-corrected chi connectivity index (χ3v) is 5.04. The monoisotopic (exact) mass is 302 g/mol. The molecule has 0 unspecified atom stereocenters. The summed E-state index contributed by atoms with van der Waals surface area (Å²) in [5.41, 5.74) is -0.0492. The van der Waals surface area contributed by atoms with Gasteiger partial charge in [0.15, 0.2) is 0 Å². The van der Waals surface area contributed by atoms with Gasteiger partial charge in [0.2, 0.25) is 0 Å². The average Bonchev–Trinajstić information content (AvgIpc) is 2.76. The molecule has 5 heteroatoms. The number of imide groups is 1. The van der Waals surface area contributed by atoms with Gasteiger partial charge in [-0.15, -0.1) is 0 Å². The highest BCUT2D eigenvalue weighted by Gasteiger charge is 2.55. The molecule has 1 spiro atoms. The first-order chi connectivity index (χ1) is 10.5. The highest BCUT2D eigenvalue weighted by Crippen LogP contribution is 2.38. The number of aliphatic hydroxyl groups excluding tert-OH is 1. The molecule has 0 radical (unpaired) electrons. The van der Waals surface area contributed by atoms with Crippen LogP contribution in [0.5, 0.6) is 0 Å². The standard InChI is InChI=1S/C17H22N2O3/c1-12-7-5-6-10-17(12)15(21)19(16(22)18-17)11-14(20)13-8-3-2-4-9-13/h2-4,8-9,12,14,20H,5-7,10-11H2,1H3,(H,18,22)/t12-,14-,17-/m1/s1. The first kappa shape index (κ1) is 15.0. The minimum atomic E-state index is -0.857. The molecule has 1 heterocycles. The van der Waals surface area contributed by atoms with E-state index >= 15 is 0 Å². The third-order valence-electron chi connectivity index (χ3n) is 5.04. The maximum atomic E-state index is 12.8. The highest BCUT2D eigenvalue weighted by atomic mass is 16.3. The summed E-state index contributed by atoms with van der Waals surface area (Å²) < 4.78 is 0. The van der Waals surface area contributed by atoms with Gasteiger partial charge in [0.05, 0.1) is 12.6 Å². The number of nitrogens with one attached hydrogen (secondary N) is 1. The maximum absolute atomic E-state index is 12.8. The number of carbonyl (C=O) groups is 2. The van der Waals surface area contributed by atoms with Crippen molar-refractivity contribution in [1.29, 1.82) is 0 Å². The van der Waals surface area contributed by atoms with Crippen LogP contribution >= 0.6 is 0 Å². The van der Waals surface area contributed by atoms with E-state index in [0.29, 0.717) is 12.0 Å². The minimum absolute atomic E-state index is 0.00312. The van der Waals surface area contributed by atoms with Gasteiger partial charge in [-0.1, -0.05) is 50.1 Å². The number of amides is 3. The van der Waals surface area contributed by atoms with E-state index in [1.54, 1.807) is 12.1 Å². The number of β-amino-alcohol motifs (C(OH)–C–C–N with tert-alkyl or cyclic N) is 1. The summed E-state index contributed by atoms with van der Waals surface area (Å²) in [6.45, 7) is 2.03. The lowest BCUT2D eigenvalue weighted by atomic mass is 9.73. The zero-order valence-electron chi connectivity index (χ0n) is 12.8. The van der Waals surface area contributed by atoms with Crippen molar-refractivity contribution in [3.8, 4) is 0 Å². The molecular weight excluding hydrogens is 280 g/mol. The minimum Gasteiger partial charge on any atom is -0.387 e. The number of urea groups is 1. The molecule has 1 aliphatic heterocycles. The van der Waals surface area contributed by atoms with Crippen LogP contribution in [0.3, 0.4) is 0 Å². The molecule has 1 aromatic carbocycles. The van der Waals surface area contributed by atoms with E-state index in [-0.39, 0.29) is 24.4 Å². The molecule has 2 N–H and O–H groups in total.